The van der Waals surface area contributed by atoms with Crippen LogP contribution in [0.25, 0.3) is 0 Å². The average Bonchev–Trinajstić information content (AvgIpc) is 2.72. The van der Waals surface area contributed by atoms with Gasteiger partial charge in [-0.05, 0) is 62.3 Å². The standard InChI is InChI=1S/C27H40N4O/c1-19(12-13-22-10-8-7-9-11-22)29-26(31-17-20(2)28-21(3)18-31)30-24-16-23(27(4,5)6)14-15-25(24)32/h7-11,14-16,19-21,28,32H,12-13,17-18H2,1-6H3,(H,29,30). The van der Waals surface area contributed by atoms with Crippen LogP contribution >= 0.6 is 0 Å². The number of piperazine rings is 1. The Bertz CT molecular complexity index is 894. The first-order valence-electron chi connectivity index (χ1n) is 11.8. The maximum absolute atomic E-state index is 10.6. The molecule has 2 aromatic carbocycles. The van der Waals surface area contributed by atoms with E-state index in [0.717, 1.165) is 31.9 Å². The fourth-order valence-corrected chi connectivity index (χ4v) is 4.21. The molecule has 32 heavy (non-hydrogen) atoms. The van der Waals surface area contributed by atoms with Crippen molar-refractivity contribution in [3.63, 3.8) is 0 Å². The van der Waals surface area contributed by atoms with E-state index in [4.69, 9.17) is 4.99 Å². The van der Waals surface area contributed by atoms with Gasteiger partial charge in [0.2, 0.25) is 0 Å². The van der Waals surface area contributed by atoms with Gasteiger partial charge in [-0.2, -0.15) is 0 Å². The molecule has 5 nitrogen and oxygen atoms in total. The van der Waals surface area contributed by atoms with Gasteiger partial charge in [-0.3, -0.25) is 0 Å². The van der Waals surface area contributed by atoms with E-state index in [9.17, 15) is 5.11 Å². The number of benzene rings is 2. The Morgan fingerprint density at radius 2 is 1.78 bits per heavy atom. The second-order valence-electron chi connectivity index (χ2n) is 10.3. The van der Waals surface area contributed by atoms with Crippen molar-refractivity contribution in [1.82, 2.24) is 10.2 Å². The highest BCUT2D eigenvalue weighted by Gasteiger charge is 2.25. The topological polar surface area (TPSA) is 59.9 Å². The van der Waals surface area contributed by atoms with E-state index >= 15 is 0 Å². The fraction of sp³-hybridized carbons (Fsp3) is 0.519. The van der Waals surface area contributed by atoms with Crippen LogP contribution in [0.1, 0.15) is 59.1 Å². The fourth-order valence-electron chi connectivity index (χ4n) is 4.21. The number of hydrogen-bond acceptors (Lipinski definition) is 3. The predicted molar refractivity (Wildman–Crippen MR) is 136 cm³/mol. The van der Waals surface area contributed by atoms with Crippen molar-refractivity contribution in [1.29, 1.82) is 0 Å². The third-order valence-corrected chi connectivity index (χ3v) is 6.00. The normalized spacial score (nSPS) is 20.8. The van der Waals surface area contributed by atoms with Crippen LogP contribution < -0.4 is 10.6 Å². The molecule has 1 aliphatic heterocycles. The molecule has 5 heteroatoms. The van der Waals surface area contributed by atoms with Crippen LogP contribution in [0.5, 0.6) is 5.75 Å². The second kappa shape index (κ2) is 10.4. The summed E-state index contributed by atoms with van der Waals surface area (Å²) in [5.74, 6) is 1.09. The molecule has 3 atom stereocenters. The Kier molecular flexibility index (Phi) is 7.83. The molecule has 174 valence electrons. The number of phenolic OH excluding ortho intramolecular Hbond substituents is 1. The predicted octanol–water partition coefficient (Wildman–Crippen LogP) is 5.16. The van der Waals surface area contributed by atoms with E-state index in [2.05, 4.69) is 93.5 Å². The Hall–Kier alpha value is -2.53. The van der Waals surface area contributed by atoms with Crippen molar-refractivity contribution in [2.24, 2.45) is 4.99 Å². The summed E-state index contributed by atoms with van der Waals surface area (Å²) in [6, 6.07) is 17.3. The molecule has 1 fully saturated rings. The quantitative estimate of drug-likeness (QED) is 0.344. The molecule has 1 aliphatic rings. The van der Waals surface area contributed by atoms with Gasteiger partial charge in [0.15, 0.2) is 5.96 Å². The van der Waals surface area contributed by atoms with Crippen molar-refractivity contribution in [2.45, 2.75) is 77.9 Å². The summed E-state index contributed by atoms with van der Waals surface area (Å²) in [6.45, 7) is 14.9. The molecule has 3 N–H and O–H groups in total. The van der Waals surface area contributed by atoms with Crippen molar-refractivity contribution < 1.29 is 5.11 Å². The first-order chi connectivity index (χ1) is 15.1. The number of phenols is 1. The summed E-state index contributed by atoms with van der Waals surface area (Å²) in [7, 11) is 0. The number of anilines is 1. The van der Waals surface area contributed by atoms with E-state index in [0.29, 0.717) is 17.8 Å². The van der Waals surface area contributed by atoms with Gasteiger partial charge in [-0.25, -0.2) is 4.99 Å². The summed E-state index contributed by atoms with van der Waals surface area (Å²) >= 11 is 0. The van der Waals surface area contributed by atoms with Gasteiger partial charge in [0.05, 0.1) is 11.7 Å². The van der Waals surface area contributed by atoms with Crippen molar-refractivity contribution in [2.75, 3.05) is 18.4 Å². The van der Waals surface area contributed by atoms with Crippen LogP contribution in [0, 0.1) is 0 Å². The third kappa shape index (κ3) is 6.73. The summed E-state index contributed by atoms with van der Waals surface area (Å²) in [5, 5.41) is 17.7. The van der Waals surface area contributed by atoms with Crippen LogP contribution in [0.4, 0.5) is 5.69 Å². The van der Waals surface area contributed by atoms with Crippen LogP contribution in [0.2, 0.25) is 0 Å². The SMILES string of the molecule is CC(CCc1ccccc1)N=C(Nc1cc(C(C)(C)C)ccc1O)N1CC(C)NC(C)C1. The Labute approximate surface area is 194 Å². The molecule has 0 bridgehead atoms. The lowest BCUT2D eigenvalue weighted by molar-refractivity contribution is 0.253. The number of guanidine groups is 1. The number of nitrogens with one attached hydrogen (secondary N) is 2. The molecular weight excluding hydrogens is 396 g/mol. The van der Waals surface area contributed by atoms with Gasteiger partial charge in [-0.15, -0.1) is 0 Å². The van der Waals surface area contributed by atoms with Gasteiger partial charge < -0.3 is 20.6 Å². The minimum absolute atomic E-state index is 0.00246. The summed E-state index contributed by atoms with van der Waals surface area (Å²) in [5.41, 5.74) is 3.23. The largest absolute Gasteiger partial charge is 0.506 e. The lowest BCUT2D eigenvalue weighted by Crippen LogP contribution is -2.57. The minimum atomic E-state index is 0.00246. The van der Waals surface area contributed by atoms with Crippen LogP contribution in [-0.2, 0) is 11.8 Å². The highest BCUT2D eigenvalue weighted by molar-refractivity contribution is 5.95. The third-order valence-electron chi connectivity index (χ3n) is 6.00. The lowest BCUT2D eigenvalue weighted by Gasteiger charge is -2.38. The Morgan fingerprint density at radius 3 is 2.41 bits per heavy atom. The summed E-state index contributed by atoms with van der Waals surface area (Å²) in [4.78, 5) is 7.42. The molecule has 0 amide bonds. The van der Waals surface area contributed by atoms with Gasteiger partial charge in [0.1, 0.15) is 5.75 Å². The molecule has 1 saturated heterocycles. The summed E-state index contributed by atoms with van der Waals surface area (Å²) in [6.07, 6.45) is 1.97. The molecule has 0 saturated carbocycles. The number of hydrogen-bond donors (Lipinski definition) is 3. The van der Waals surface area contributed by atoms with E-state index in [-0.39, 0.29) is 17.2 Å². The number of aliphatic imine (C=N–C) groups is 1. The number of rotatable bonds is 5. The first-order valence-corrected chi connectivity index (χ1v) is 11.8. The highest BCUT2D eigenvalue weighted by atomic mass is 16.3. The zero-order valence-corrected chi connectivity index (χ0v) is 20.5. The van der Waals surface area contributed by atoms with E-state index in [1.54, 1.807) is 6.07 Å². The van der Waals surface area contributed by atoms with Crippen LogP contribution in [-0.4, -0.2) is 47.2 Å². The van der Waals surface area contributed by atoms with Gasteiger partial charge in [0, 0.05) is 25.2 Å². The van der Waals surface area contributed by atoms with E-state index < -0.39 is 0 Å². The number of aromatic hydroxyl groups is 1. The monoisotopic (exact) mass is 436 g/mol. The molecule has 1 heterocycles. The number of aryl methyl sites for hydroxylation is 1. The average molecular weight is 437 g/mol. The number of nitrogens with zero attached hydrogens (tertiary/aromatic N) is 2. The highest BCUT2D eigenvalue weighted by Crippen LogP contribution is 2.31. The molecule has 0 aromatic heterocycles. The van der Waals surface area contributed by atoms with Gasteiger partial charge in [0.25, 0.3) is 0 Å². The Balaban J connectivity index is 1.84. The van der Waals surface area contributed by atoms with Crippen molar-refractivity contribution >= 4 is 11.6 Å². The molecule has 3 unspecified atom stereocenters. The van der Waals surface area contributed by atoms with Gasteiger partial charge >= 0.3 is 0 Å². The van der Waals surface area contributed by atoms with E-state index in [1.807, 2.05) is 6.07 Å². The zero-order valence-electron chi connectivity index (χ0n) is 20.5. The van der Waals surface area contributed by atoms with E-state index in [1.165, 1.54) is 11.1 Å². The van der Waals surface area contributed by atoms with Crippen LogP contribution in [0.15, 0.2) is 53.5 Å². The lowest BCUT2D eigenvalue weighted by atomic mass is 9.87. The molecule has 2 aromatic rings. The maximum Gasteiger partial charge on any atom is 0.198 e. The molecular formula is C27H40N4O. The molecule has 0 aliphatic carbocycles. The summed E-state index contributed by atoms with van der Waals surface area (Å²) < 4.78 is 0. The first kappa shape index (κ1) is 24.1. The Morgan fingerprint density at radius 1 is 1.12 bits per heavy atom. The molecule has 3 rings (SSSR count). The van der Waals surface area contributed by atoms with Gasteiger partial charge in [-0.1, -0.05) is 57.2 Å². The zero-order chi connectivity index (χ0) is 23.3. The molecule has 0 spiro atoms. The minimum Gasteiger partial charge on any atom is -0.506 e. The smallest absolute Gasteiger partial charge is 0.198 e. The van der Waals surface area contributed by atoms with Crippen LogP contribution in [0.3, 0.4) is 0 Å². The van der Waals surface area contributed by atoms with Crippen molar-refractivity contribution in [3.05, 3.63) is 59.7 Å². The molecule has 0 radical (unpaired) electrons. The van der Waals surface area contributed by atoms with Crippen molar-refractivity contribution in [3.8, 4) is 5.75 Å². The second-order valence-corrected chi connectivity index (χ2v) is 10.3. The maximum atomic E-state index is 10.6.